The van der Waals surface area contributed by atoms with E-state index in [0.29, 0.717) is 0 Å². The molecule has 0 aliphatic heterocycles. The molecule has 1 atom stereocenters. The van der Waals surface area contributed by atoms with Crippen LogP contribution in [-0.2, 0) is 0 Å². The average Bonchev–Trinajstić information content (AvgIpc) is 2.74. The number of nitrogens with one attached hydrogen (secondary N) is 1. The second kappa shape index (κ2) is 4.23. The van der Waals surface area contributed by atoms with Gasteiger partial charge in [0.1, 0.15) is 6.33 Å². The molecule has 0 aliphatic carbocycles. The number of nitrogens with two attached hydrogens (primary N) is 1. The van der Waals surface area contributed by atoms with E-state index < -0.39 is 0 Å². The monoisotopic (exact) mass is 207 g/mol. The van der Waals surface area contributed by atoms with Crippen LogP contribution in [0.3, 0.4) is 0 Å². The van der Waals surface area contributed by atoms with Crippen molar-refractivity contribution < 1.29 is 0 Å². The van der Waals surface area contributed by atoms with E-state index >= 15 is 0 Å². The Kier molecular flexibility index (Phi) is 2.78. The highest BCUT2D eigenvalue weighted by Gasteiger charge is 2.14. The summed E-state index contributed by atoms with van der Waals surface area (Å²) in [4.78, 5) is 12.0. The van der Waals surface area contributed by atoms with Crippen LogP contribution < -0.4 is 11.3 Å². The molecule has 0 saturated carbocycles. The summed E-state index contributed by atoms with van der Waals surface area (Å²) in [5.41, 5.74) is 6.24. The van der Waals surface area contributed by atoms with Crippen molar-refractivity contribution in [3.63, 3.8) is 0 Å². The van der Waals surface area contributed by atoms with Gasteiger partial charge in [0.2, 0.25) is 0 Å². The summed E-state index contributed by atoms with van der Waals surface area (Å²) in [6.45, 7) is 0. The summed E-state index contributed by atoms with van der Waals surface area (Å²) in [6.07, 6.45) is 4.92. The van der Waals surface area contributed by atoms with E-state index in [0.717, 1.165) is 11.3 Å². The van der Waals surface area contributed by atoms with E-state index in [1.807, 2.05) is 5.38 Å². The first-order valence-corrected chi connectivity index (χ1v) is 4.95. The van der Waals surface area contributed by atoms with Crippen molar-refractivity contribution in [3.05, 3.63) is 40.9 Å². The SMILES string of the molecule is NNC(c1cncnc1)c1cscn1. The third-order valence-electron chi connectivity index (χ3n) is 1.83. The largest absolute Gasteiger partial charge is 0.271 e. The molecule has 0 fully saturated rings. The molecule has 0 radical (unpaired) electrons. The number of hydrogen-bond acceptors (Lipinski definition) is 6. The van der Waals surface area contributed by atoms with Gasteiger partial charge in [-0.15, -0.1) is 11.3 Å². The molecule has 2 aromatic heterocycles. The lowest BCUT2D eigenvalue weighted by Gasteiger charge is -2.12. The zero-order valence-electron chi connectivity index (χ0n) is 7.29. The molecule has 2 aromatic rings. The molecule has 0 bridgehead atoms. The van der Waals surface area contributed by atoms with E-state index in [1.54, 1.807) is 17.9 Å². The van der Waals surface area contributed by atoms with Gasteiger partial charge in [-0.25, -0.2) is 20.4 Å². The highest BCUT2D eigenvalue weighted by molar-refractivity contribution is 7.07. The van der Waals surface area contributed by atoms with Gasteiger partial charge in [-0.2, -0.15) is 0 Å². The lowest BCUT2D eigenvalue weighted by Crippen LogP contribution is -2.29. The van der Waals surface area contributed by atoms with Gasteiger partial charge in [-0.05, 0) is 0 Å². The minimum absolute atomic E-state index is 0.137. The molecule has 0 saturated heterocycles. The van der Waals surface area contributed by atoms with Crippen LogP contribution in [0.2, 0.25) is 0 Å². The maximum absolute atomic E-state index is 5.46. The summed E-state index contributed by atoms with van der Waals surface area (Å²) in [5, 5.41) is 1.94. The molecular weight excluding hydrogens is 198 g/mol. The molecule has 14 heavy (non-hydrogen) atoms. The molecule has 2 heterocycles. The molecule has 3 N–H and O–H groups in total. The van der Waals surface area contributed by atoms with Gasteiger partial charge in [0.05, 0.1) is 17.2 Å². The van der Waals surface area contributed by atoms with Crippen LogP contribution in [0, 0.1) is 0 Å². The maximum atomic E-state index is 5.46. The normalized spacial score (nSPS) is 12.6. The van der Waals surface area contributed by atoms with Crippen molar-refractivity contribution in [1.29, 1.82) is 0 Å². The van der Waals surface area contributed by atoms with E-state index in [4.69, 9.17) is 5.84 Å². The lowest BCUT2D eigenvalue weighted by molar-refractivity contribution is 0.619. The van der Waals surface area contributed by atoms with Crippen LogP contribution in [0.5, 0.6) is 0 Å². The smallest absolute Gasteiger partial charge is 0.115 e. The lowest BCUT2D eigenvalue weighted by atomic mass is 10.1. The fourth-order valence-electron chi connectivity index (χ4n) is 1.18. The Morgan fingerprint density at radius 2 is 2.14 bits per heavy atom. The van der Waals surface area contributed by atoms with Crippen molar-refractivity contribution in [1.82, 2.24) is 20.4 Å². The van der Waals surface area contributed by atoms with E-state index in [-0.39, 0.29) is 6.04 Å². The Bertz CT molecular complexity index is 374. The summed E-state index contributed by atoms with van der Waals surface area (Å²) >= 11 is 1.53. The minimum Gasteiger partial charge on any atom is -0.271 e. The standard InChI is InChI=1S/C8H9N5S/c9-13-8(7-3-14-5-12-7)6-1-10-4-11-2-6/h1-5,8,13H,9H2. The predicted octanol–water partition coefficient (Wildman–Crippen LogP) is 0.486. The number of aromatic nitrogens is 3. The summed E-state index contributed by atoms with van der Waals surface area (Å²) in [6, 6.07) is -0.137. The zero-order valence-corrected chi connectivity index (χ0v) is 8.11. The number of rotatable bonds is 3. The van der Waals surface area contributed by atoms with Crippen LogP contribution >= 0.6 is 11.3 Å². The Hall–Kier alpha value is -1.37. The van der Waals surface area contributed by atoms with Gasteiger partial charge in [-0.3, -0.25) is 5.84 Å². The predicted molar refractivity (Wildman–Crippen MR) is 53.3 cm³/mol. The van der Waals surface area contributed by atoms with Crippen molar-refractivity contribution >= 4 is 11.3 Å². The number of thiazole rings is 1. The molecule has 0 spiro atoms. The Balaban J connectivity index is 2.31. The molecule has 2 rings (SSSR count). The first-order valence-electron chi connectivity index (χ1n) is 4.01. The molecule has 0 aliphatic rings. The van der Waals surface area contributed by atoms with Crippen molar-refractivity contribution in [2.24, 2.45) is 5.84 Å². The molecule has 0 amide bonds. The van der Waals surface area contributed by atoms with Gasteiger partial charge < -0.3 is 0 Å². The fourth-order valence-corrected chi connectivity index (χ4v) is 1.76. The second-order valence-corrected chi connectivity index (χ2v) is 3.40. The molecule has 5 nitrogen and oxygen atoms in total. The summed E-state index contributed by atoms with van der Waals surface area (Å²) in [5.74, 6) is 5.46. The van der Waals surface area contributed by atoms with Crippen LogP contribution in [0.4, 0.5) is 0 Å². The Morgan fingerprint density at radius 3 is 2.71 bits per heavy atom. The number of nitrogens with zero attached hydrogens (tertiary/aromatic N) is 3. The maximum Gasteiger partial charge on any atom is 0.115 e. The second-order valence-electron chi connectivity index (χ2n) is 2.68. The average molecular weight is 207 g/mol. The highest BCUT2D eigenvalue weighted by atomic mass is 32.1. The first kappa shape index (κ1) is 9.20. The quantitative estimate of drug-likeness (QED) is 0.565. The molecule has 72 valence electrons. The summed E-state index contributed by atoms with van der Waals surface area (Å²) in [7, 11) is 0. The van der Waals surface area contributed by atoms with Crippen LogP contribution in [0.1, 0.15) is 17.3 Å². The van der Waals surface area contributed by atoms with Gasteiger partial charge in [0.25, 0.3) is 0 Å². The number of hydrogen-bond donors (Lipinski definition) is 2. The molecular formula is C8H9N5S. The summed E-state index contributed by atoms with van der Waals surface area (Å²) < 4.78 is 0. The van der Waals surface area contributed by atoms with E-state index in [2.05, 4.69) is 20.4 Å². The molecule has 6 heteroatoms. The fraction of sp³-hybridized carbons (Fsp3) is 0.125. The Labute approximate surface area is 85.0 Å². The van der Waals surface area contributed by atoms with Gasteiger partial charge in [-0.1, -0.05) is 0 Å². The van der Waals surface area contributed by atoms with Crippen LogP contribution in [0.15, 0.2) is 29.6 Å². The van der Waals surface area contributed by atoms with Crippen molar-refractivity contribution in [3.8, 4) is 0 Å². The van der Waals surface area contributed by atoms with Crippen molar-refractivity contribution in [2.45, 2.75) is 6.04 Å². The van der Waals surface area contributed by atoms with Gasteiger partial charge >= 0.3 is 0 Å². The number of hydrazine groups is 1. The topological polar surface area (TPSA) is 76.7 Å². The zero-order chi connectivity index (χ0) is 9.80. The molecule has 0 aromatic carbocycles. The van der Waals surface area contributed by atoms with E-state index in [9.17, 15) is 0 Å². The Morgan fingerprint density at radius 1 is 1.36 bits per heavy atom. The molecule has 1 unspecified atom stereocenters. The first-order chi connectivity index (χ1) is 6.92. The van der Waals surface area contributed by atoms with Gasteiger partial charge in [0, 0.05) is 23.3 Å². The van der Waals surface area contributed by atoms with Gasteiger partial charge in [0.15, 0.2) is 0 Å². The van der Waals surface area contributed by atoms with Crippen LogP contribution in [0.25, 0.3) is 0 Å². The van der Waals surface area contributed by atoms with Crippen LogP contribution in [-0.4, -0.2) is 15.0 Å². The van der Waals surface area contributed by atoms with Crippen molar-refractivity contribution in [2.75, 3.05) is 0 Å². The third kappa shape index (κ3) is 1.77. The minimum atomic E-state index is -0.137. The van der Waals surface area contributed by atoms with E-state index in [1.165, 1.54) is 17.7 Å². The third-order valence-corrected chi connectivity index (χ3v) is 2.43. The highest BCUT2D eigenvalue weighted by Crippen LogP contribution is 2.18.